The SMILES string of the molecule is CN=C=NC1CCCC(CCCC2CCC(I)CC2)C1. The molecule has 3 heteroatoms. The van der Waals surface area contributed by atoms with E-state index in [9.17, 15) is 0 Å². The van der Waals surface area contributed by atoms with Crippen LogP contribution in [0.15, 0.2) is 9.98 Å². The Balaban J connectivity index is 1.62. The van der Waals surface area contributed by atoms with Crippen molar-refractivity contribution < 1.29 is 0 Å². The number of halogens is 1. The minimum atomic E-state index is 0.506. The van der Waals surface area contributed by atoms with E-state index < -0.39 is 0 Å². The van der Waals surface area contributed by atoms with Gasteiger partial charge in [-0.3, -0.25) is 0 Å². The molecule has 114 valence electrons. The molecule has 0 spiro atoms. The molecule has 0 N–H and O–H groups in total. The van der Waals surface area contributed by atoms with Gasteiger partial charge in [0.25, 0.3) is 0 Å². The number of rotatable bonds is 5. The Morgan fingerprint density at radius 3 is 2.50 bits per heavy atom. The van der Waals surface area contributed by atoms with E-state index in [0.717, 1.165) is 15.8 Å². The average Bonchev–Trinajstić information content (AvgIpc) is 2.48. The van der Waals surface area contributed by atoms with Gasteiger partial charge in [0.05, 0.1) is 12.1 Å². The Bertz CT molecular complexity index is 328. The molecular weight excluding hydrogens is 359 g/mol. The highest BCUT2D eigenvalue weighted by Gasteiger charge is 2.22. The molecule has 0 aromatic rings. The molecular formula is C17H29IN2. The van der Waals surface area contributed by atoms with E-state index in [1.54, 1.807) is 7.05 Å². The fraction of sp³-hybridized carbons (Fsp3) is 0.941. The smallest absolute Gasteiger partial charge is 0.0892 e. The van der Waals surface area contributed by atoms with Crippen LogP contribution in [0.2, 0.25) is 0 Å². The lowest BCUT2D eigenvalue weighted by Crippen LogP contribution is -2.19. The number of hydrogen-bond acceptors (Lipinski definition) is 2. The molecule has 2 aliphatic carbocycles. The van der Waals surface area contributed by atoms with Crippen LogP contribution in [0, 0.1) is 11.8 Å². The summed E-state index contributed by atoms with van der Waals surface area (Å²) in [7, 11) is 1.76. The summed E-state index contributed by atoms with van der Waals surface area (Å²) in [6.45, 7) is 0. The molecule has 0 heterocycles. The van der Waals surface area contributed by atoms with Gasteiger partial charge in [0.1, 0.15) is 0 Å². The van der Waals surface area contributed by atoms with Crippen molar-refractivity contribution in [1.82, 2.24) is 0 Å². The zero-order valence-corrected chi connectivity index (χ0v) is 15.0. The van der Waals surface area contributed by atoms with Crippen LogP contribution in [0.25, 0.3) is 0 Å². The van der Waals surface area contributed by atoms with Crippen LogP contribution >= 0.6 is 22.6 Å². The third-order valence-electron chi connectivity index (χ3n) is 5.10. The van der Waals surface area contributed by atoms with Crippen LogP contribution in [0.4, 0.5) is 0 Å². The zero-order valence-electron chi connectivity index (χ0n) is 12.9. The van der Waals surface area contributed by atoms with Gasteiger partial charge in [-0.2, -0.15) is 0 Å². The van der Waals surface area contributed by atoms with Crippen LogP contribution in [0.3, 0.4) is 0 Å². The van der Waals surface area contributed by atoms with Gasteiger partial charge < -0.3 is 0 Å². The first-order valence-electron chi connectivity index (χ1n) is 8.45. The van der Waals surface area contributed by atoms with Crippen LogP contribution < -0.4 is 0 Å². The van der Waals surface area contributed by atoms with Crippen LogP contribution in [-0.2, 0) is 0 Å². The molecule has 0 radical (unpaired) electrons. The van der Waals surface area contributed by atoms with Crippen molar-refractivity contribution in [2.24, 2.45) is 21.8 Å². The highest BCUT2D eigenvalue weighted by molar-refractivity contribution is 14.1. The summed E-state index contributed by atoms with van der Waals surface area (Å²) >= 11 is 2.63. The quantitative estimate of drug-likeness (QED) is 0.337. The van der Waals surface area contributed by atoms with E-state index >= 15 is 0 Å². The molecule has 0 saturated heterocycles. The maximum atomic E-state index is 4.44. The number of nitrogens with zero attached hydrogens (tertiary/aromatic N) is 2. The van der Waals surface area contributed by atoms with Crippen molar-refractivity contribution in [3.8, 4) is 0 Å². The van der Waals surface area contributed by atoms with E-state index in [0.29, 0.717) is 6.04 Å². The zero-order chi connectivity index (χ0) is 14.2. The molecule has 0 amide bonds. The second-order valence-corrected chi connectivity index (χ2v) is 8.45. The second-order valence-electron chi connectivity index (χ2n) is 6.69. The van der Waals surface area contributed by atoms with E-state index in [1.807, 2.05) is 0 Å². The molecule has 2 atom stereocenters. The van der Waals surface area contributed by atoms with E-state index in [1.165, 1.54) is 70.6 Å². The van der Waals surface area contributed by atoms with Gasteiger partial charge in [-0.15, -0.1) is 0 Å². The first kappa shape index (κ1) is 16.5. The monoisotopic (exact) mass is 388 g/mol. The fourth-order valence-electron chi connectivity index (χ4n) is 3.89. The van der Waals surface area contributed by atoms with Crippen LogP contribution in [-0.4, -0.2) is 23.0 Å². The van der Waals surface area contributed by atoms with Gasteiger partial charge in [0, 0.05) is 11.0 Å². The molecule has 2 fully saturated rings. The number of alkyl halides is 1. The molecule has 2 nitrogen and oxygen atoms in total. The molecule has 2 rings (SSSR count). The topological polar surface area (TPSA) is 24.7 Å². The Hall–Kier alpha value is 0.110. The van der Waals surface area contributed by atoms with Gasteiger partial charge in [0.2, 0.25) is 0 Å². The first-order chi connectivity index (χ1) is 9.78. The molecule has 0 bridgehead atoms. The summed E-state index contributed by atoms with van der Waals surface area (Å²) < 4.78 is 0.959. The first-order valence-corrected chi connectivity index (χ1v) is 9.70. The molecule has 2 saturated carbocycles. The van der Waals surface area contributed by atoms with Gasteiger partial charge in [-0.05, 0) is 50.4 Å². The summed E-state index contributed by atoms with van der Waals surface area (Å²) in [6, 6.07) is 3.31. The van der Waals surface area contributed by atoms with E-state index in [4.69, 9.17) is 0 Å². The van der Waals surface area contributed by atoms with Gasteiger partial charge in [-0.25, -0.2) is 9.98 Å². The van der Waals surface area contributed by atoms with Crippen molar-refractivity contribution in [2.45, 2.75) is 80.6 Å². The van der Waals surface area contributed by atoms with Crippen molar-refractivity contribution in [3.63, 3.8) is 0 Å². The lowest BCUT2D eigenvalue weighted by molar-refractivity contribution is 0.279. The summed E-state index contributed by atoms with van der Waals surface area (Å²) in [6.07, 6.45) is 15.5. The lowest BCUT2D eigenvalue weighted by atomic mass is 9.80. The summed E-state index contributed by atoms with van der Waals surface area (Å²) in [5.41, 5.74) is 0. The minimum Gasteiger partial charge on any atom is -0.229 e. The Morgan fingerprint density at radius 2 is 1.75 bits per heavy atom. The molecule has 2 unspecified atom stereocenters. The average molecular weight is 388 g/mol. The molecule has 2 aliphatic rings. The summed E-state index contributed by atoms with van der Waals surface area (Å²) in [5, 5.41) is 0. The maximum absolute atomic E-state index is 4.44. The van der Waals surface area contributed by atoms with Crippen LogP contribution in [0.1, 0.15) is 70.6 Å². The highest BCUT2D eigenvalue weighted by Crippen LogP contribution is 2.34. The summed E-state index contributed by atoms with van der Waals surface area (Å²) in [4.78, 5) is 8.31. The predicted molar refractivity (Wildman–Crippen MR) is 95.2 cm³/mol. The molecule has 0 aliphatic heterocycles. The van der Waals surface area contributed by atoms with Crippen molar-refractivity contribution in [3.05, 3.63) is 0 Å². The third-order valence-corrected chi connectivity index (χ3v) is 6.34. The van der Waals surface area contributed by atoms with Gasteiger partial charge in [0.15, 0.2) is 0 Å². The van der Waals surface area contributed by atoms with E-state index in [2.05, 4.69) is 38.6 Å². The van der Waals surface area contributed by atoms with Crippen molar-refractivity contribution in [1.29, 1.82) is 0 Å². The normalized spacial score (nSPS) is 34.3. The number of hydrogen-bond donors (Lipinski definition) is 0. The van der Waals surface area contributed by atoms with E-state index in [-0.39, 0.29) is 0 Å². The van der Waals surface area contributed by atoms with Gasteiger partial charge >= 0.3 is 0 Å². The van der Waals surface area contributed by atoms with Crippen molar-refractivity contribution >= 4 is 28.6 Å². The fourth-order valence-corrected chi connectivity index (χ4v) is 4.61. The highest BCUT2D eigenvalue weighted by atomic mass is 127. The van der Waals surface area contributed by atoms with Crippen molar-refractivity contribution in [2.75, 3.05) is 7.05 Å². The Kier molecular flexibility index (Phi) is 7.58. The Labute approximate surface area is 138 Å². The van der Waals surface area contributed by atoms with Gasteiger partial charge in [-0.1, -0.05) is 54.7 Å². The lowest BCUT2D eigenvalue weighted by Gasteiger charge is -2.28. The second kappa shape index (κ2) is 9.19. The standard InChI is InChI=1S/C17H29IN2/c1-19-13-20-17-7-3-6-15(12-17)5-2-4-14-8-10-16(18)11-9-14/h14-17H,2-12H2,1H3. The summed E-state index contributed by atoms with van der Waals surface area (Å²) in [5.74, 6) is 1.95. The Morgan fingerprint density at radius 1 is 1.00 bits per heavy atom. The maximum Gasteiger partial charge on any atom is 0.0892 e. The van der Waals surface area contributed by atoms with Crippen LogP contribution in [0.5, 0.6) is 0 Å². The molecule has 20 heavy (non-hydrogen) atoms. The molecule has 0 aromatic heterocycles. The molecule has 0 aromatic carbocycles. The third kappa shape index (κ3) is 5.85. The predicted octanol–water partition coefficient (Wildman–Crippen LogP) is 5.51. The largest absolute Gasteiger partial charge is 0.229 e. The number of aliphatic imine (C=N–C) groups is 2. The minimum absolute atomic E-state index is 0.506.